The summed E-state index contributed by atoms with van der Waals surface area (Å²) >= 11 is 0. The molecular weight excluding hydrogens is 388 g/mol. The Morgan fingerprint density at radius 1 is 1.13 bits per heavy atom. The van der Waals surface area contributed by atoms with Gasteiger partial charge in [0.25, 0.3) is 11.8 Å². The van der Waals surface area contributed by atoms with Crippen LogP contribution in [0.3, 0.4) is 0 Å². The minimum absolute atomic E-state index is 0.0312. The van der Waals surface area contributed by atoms with Crippen LogP contribution in [-0.4, -0.2) is 35.5 Å². The highest BCUT2D eigenvalue weighted by atomic mass is 16.5. The standard InChI is InChI=1S/C22H20N2O6/c1-4-30-18-8-6-14(21(27)28)10-15(18)11-16-19(25)23-22(29)24(20(16)26)17-7-5-12(2)9-13(17)3/h5-11H,4H2,1-3H3,(H,27,28)(H,23,25,29)/b16-11+. The van der Waals surface area contributed by atoms with Gasteiger partial charge in [-0.2, -0.15) is 0 Å². The second-order valence-corrected chi connectivity index (χ2v) is 6.74. The molecule has 1 aliphatic rings. The Morgan fingerprint density at radius 3 is 2.50 bits per heavy atom. The molecule has 2 aromatic rings. The van der Waals surface area contributed by atoms with E-state index in [4.69, 9.17) is 4.74 Å². The van der Waals surface area contributed by atoms with Gasteiger partial charge in [-0.1, -0.05) is 17.7 Å². The number of carbonyl (C=O) groups excluding carboxylic acids is 3. The van der Waals surface area contributed by atoms with E-state index in [9.17, 15) is 24.3 Å². The maximum atomic E-state index is 13.1. The number of hydrogen-bond acceptors (Lipinski definition) is 5. The lowest BCUT2D eigenvalue weighted by Gasteiger charge is -2.27. The van der Waals surface area contributed by atoms with Crippen LogP contribution in [0.5, 0.6) is 5.75 Å². The Kier molecular flexibility index (Phi) is 5.68. The number of benzene rings is 2. The van der Waals surface area contributed by atoms with E-state index in [1.165, 1.54) is 24.3 Å². The molecule has 3 rings (SSSR count). The maximum absolute atomic E-state index is 13.1. The van der Waals surface area contributed by atoms with Crippen LogP contribution in [0.4, 0.5) is 10.5 Å². The molecule has 1 fully saturated rings. The second-order valence-electron chi connectivity index (χ2n) is 6.74. The molecule has 8 heteroatoms. The van der Waals surface area contributed by atoms with Gasteiger partial charge in [-0.15, -0.1) is 0 Å². The van der Waals surface area contributed by atoms with Crippen molar-refractivity contribution < 1.29 is 29.0 Å². The minimum atomic E-state index is -1.16. The van der Waals surface area contributed by atoms with Crippen LogP contribution >= 0.6 is 0 Å². The fourth-order valence-electron chi connectivity index (χ4n) is 3.17. The fraction of sp³-hybridized carbons (Fsp3) is 0.182. The number of nitrogens with one attached hydrogen (secondary N) is 1. The number of ether oxygens (including phenoxy) is 1. The highest BCUT2D eigenvalue weighted by molar-refractivity contribution is 6.39. The smallest absolute Gasteiger partial charge is 0.335 e. The fourth-order valence-corrected chi connectivity index (χ4v) is 3.17. The van der Waals surface area contributed by atoms with Crippen LogP contribution in [-0.2, 0) is 9.59 Å². The second kappa shape index (κ2) is 8.20. The first-order chi connectivity index (χ1) is 14.2. The molecule has 0 bridgehead atoms. The van der Waals surface area contributed by atoms with Crippen molar-refractivity contribution >= 4 is 35.6 Å². The number of amides is 4. The lowest BCUT2D eigenvalue weighted by Crippen LogP contribution is -2.54. The number of carboxylic acid groups (broad SMARTS) is 1. The molecule has 1 aliphatic heterocycles. The number of urea groups is 1. The Morgan fingerprint density at radius 2 is 1.87 bits per heavy atom. The first-order valence-electron chi connectivity index (χ1n) is 9.21. The third kappa shape index (κ3) is 3.93. The summed E-state index contributed by atoms with van der Waals surface area (Å²) in [5, 5.41) is 11.4. The average molecular weight is 408 g/mol. The molecular formula is C22H20N2O6. The van der Waals surface area contributed by atoms with E-state index in [0.29, 0.717) is 23.6 Å². The van der Waals surface area contributed by atoms with Gasteiger partial charge in [0.1, 0.15) is 11.3 Å². The minimum Gasteiger partial charge on any atom is -0.493 e. The predicted molar refractivity (Wildman–Crippen MR) is 109 cm³/mol. The molecule has 0 atom stereocenters. The summed E-state index contributed by atoms with van der Waals surface area (Å²) in [4.78, 5) is 50.1. The summed E-state index contributed by atoms with van der Waals surface area (Å²) in [5.74, 6) is -2.53. The van der Waals surface area contributed by atoms with Crippen molar-refractivity contribution in [1.29, 1.82) is 0 Å². The molecule has 0 saturated carbocycles. The van der Waals surface area contributed by atoms with Gasteiger partial charge in [-0.05, 0) is 56.7 Å². The van der Waals surface area contributed by atoms with Gasteiger partial charge in [-0.25, -0.2) is 14.5 Å². The molecule has 8 nitrogen and oxygen atoms in total. The Balaban J connectivity index is 2.11. The van der Waals surface area contributed by atoms with Crippen LogP contribution < -0.4 is 15.0 Å². The van der Waals surface area contributed by atoms with Crippen LogP contribution in [0.25, 0.3) is 6.08 Å². The molecule has 154 valence electrons. The number of imide groups is 2. The number of barbiturate groups is 1. The van der Waals surface area contributed by atoms with Crippen molar-refractivity contribution in [3.05, 3.63) is 64.2 Å². The summed E-state index contributed by atoms with van der Waals surface area (Å²) in [5.41, 5.74) is 1.90. The van der Waals surface area contributed by atoms with Crippen LogP contribution in [0.1, 0.15) is 34.0 Å². The quantitative estimate of drug-likeness (QED) is 0.581. The topological polar surface area (TPSA) is 113 Å². The van der Waals surface area contributed by atoms with Crippen LogP contribution in [0.2, 0.25) is 0 Å². The van der Waals surface area contributed by atoms with E-state index in [0.717, 1.165) is 10.5 Å². The lowest BCUT2D eigenvalue weighted by atomic mass is 10.0. The van der Waals surface area contributed by atoms with E-state index >= 15 is 0 Å². The zero-order valence-electron chi connectivity index (χ0n) is 16.7. The van der Waals surface area contributed by atoms with E-state index in [1.807, 2.05) is 13.0 Å². The highest BCUT2D eigenvalue weighted by Gasteiger charge is 2.37. The summed E-state index contributed by atoms with van der Waals surface area (Å²) in [6, 6.07) is 8.48. The molecule has 2 aromatic carbocycles. The molecule has 0 unspecified atom stereocenters. The number of carbonyl (C=O) groups is 4. The van der Waals surface area contributed by atoms with E-state index in [-0.39, 0.29) is 16.7 Å². The molecule has 30 heavy (non-hydrogen) atoms. The van der Waals surface area contributed by atoms with Gasteiger partial charge in [0.15, 0.2) is 0 Å². The number of aromatic carboxylic acids is 1. The van der Waals surface area contributed by atoms with E-state index in [2.05, 4.69) is 5.32 Å². The molecule has 0 aliphatic carbocycles. The van der Waals surface area contributed by atoms with Gasteiger partial charge < -0.3 is 9.84 Å². The Bertz CT molecular complexity index is 1100. The number of hydrogen-bond donors (Lipinski definition) is 2. The van der Waals surface area contributed by atoms with Crippen molar-refractivity contribution in [2.24, 2.45) is 0 Å². The molecule has 2 N–H and O–H groups in total. The van der Waals surface area contributed by atoms with Gasteiger partial charge in [0, 0.05) is 5.56 Å². The average Bonchev–Trinajstić information content (AvgIpc) is 2.67. The van der Waals surface area contributed by atoms with Crippen molar-refractivity contribution in [1.82, 2.24) is 5.32 Å². The summed E-state index contributed by atoms with van der Waals surface area (Å²) in [6.07, 6.45) is 1.23. The monoisotopic (exact) mass is 408 g/mol. The molecule has 1 saturated heterocycles. The van der Waals surface area contributed by atoms with Crippen LogP contribution in [0, 0.1) is 13.8 Å². The first-order valence-corrected chi connectivity index (χ1v) is 9.21. The normalized spacial score (nSPS) is 15.4. The van der Waals surface area contributed by atoms with Gasteiger partial charge in [0.2, 0.25) is 0 Å². The van der Waals surface area contributed by atoms with Crippen molar-refractivity contribution in [3.63, 3.8) is 0 Å². The van der Waals surface area contributed by atoms with Crippen LogP contribution in [0.15, 0.2) is 42.0 Å². The van der Waals surface area contributed by atoms with Crippen molar-refractivity contribution in [3.8, 4) is 5.75 Å². The molecule has 0 spiro atoms. The van der Waals surface area contributed by atoms with Crippen molar-refractivity contribution in [2.75, 3.05) is 11.5 Å². The van der Waals surface area contributed by atoms with Gasteiger partial charge >= 0.3 is 12.0 Å². The number of aryl methyl sites for hydroxylation is 2. The summed E-state index contributed by atoms with van der Waals surface area (Å²) < 4.78 is 5.49. The lowest BCUT2D eigenvalue weighted by molar-refractivity contribution is -0.122. The number of nitrogens with zero attached hydrogens (tertiary/aromatic N) is 1. The Labute approximate surface area is 172 Å². The predicted octanol–water partition coefficient (Wildman–Crippen LogP) is 3.07. The van der Waals surface area contributed by atoms with Gasteiger partial charge in [0.05, 0.1) is 17.9 Å². The van der Waals surface area contributed by atoms with Crippen molar-refractivity contribution in [2.45, 2.75) is 20.8 Å². The molecule has 0 radical (unpaired) electrons. The zero-order chi connectivity index (χ0) is 22.0. The first kappa shape index (κ1) is 20.8. The maximum Gasteiger partial charge on any atom is 0.335 e. The number of carboxylic acids is 1. The SMILES string of the molecule is CCOc1ccc(C(=O)O)cc1/C=C1\C(=O)NC(=O)N(c2ccc(C)cc2C)C1=O. The Hall–Kier alpha value is -3.94. The third-order valence-corrected chi connectivity index (χ3v) is 4.55. The largest absolute Gasteiger partial charge is 0.493 e. The molecule has 4 amide bonds. The third-order valence-electron chi connectivity index (χ3n) is 4.55. The highest BCUT2D eigenvalue weighted by Crippen LogP contribution is 2.28. The van der Waals surface area contributed by atoms with Gasteiger partial charge in [-0.3, -0.25) is 14.9 Å². The summed E-state index contributed by atoms with van der Waals surface area (Å²) in [6.45, 7) is 5.69. The van der Waals surface area contributed by atoms with E-state index < -0.39 is 23.8 Å². The van der Waals surface area contributed by atoms with E-state index in [1.54, 1.807) is 26.0 Å². The summed E-state index contributed by atoms with van der Waals surface area (Å²) in [7, 11) is 0. The zero-order valence-corrected chi connectivity index (χ0v) is 16.7. The molecule has 1 heterocycles. The number of anilines is 1. The molecule has 0 aromatic heterocycles. The number of rotatable bonds is 5.